The summed E-state index contributed by atoms with van der Waals surface area (Å²) in [5.41, 5.74) is -0.678. The molecule has 10 heteroatoms. The van der Waals surface area contributed by atoms with E-state index in [0.29, 0.717) is 0 Å². The Bertz CT molecular complexity index is 800. The zero-order valence-electron chi connectivity index (χ0n) is 16.2. The maximum atomic E-state index is 12.8. The predicted molar refractivity (Wildman–Crippen MR) is 106 cm³/mol. The van der Waals surface area contributed by atoms with Gasteiger partial charge in [0.1, 0.15) is 22.4 Å². The van der Waals surface area contributed by atoms with Gasteiger partial charge >= 0.3 is 6.09 Å². The Hall–Kier alpha value is -1.87. The molecule has 1 aromatic rings. The van der Waals surface area contributed by atoms with Gasteiger partial charge < -0.3 is 15.4 Å². The molecule has 0 bridgehead atoms. The smallest absolute Gasteiger partial charge is 0.408 e. The van der Waals surface area contributed by atoms with Crippen LogP contribution in [0, 0.1) is 5.92 Å². The van der Waals surface area contributed by atoms with Gasteiger partial charge in [-0.1, -0.05) is 19.3 Å². The van der Waals surface area contributed by atoms with E-state index >= 15 is 0 Å². The number of alkyl carbamates (subject to hydrolysis) is 1. The average Bonchev–Trinajstić information content (AvgIpc) is 2.58. The van der Waals surface area contributed by atoms with Crippen molar-refractivity contribution in [2.24, 2.45) is 5.92 Å². The molecule has 2 N–H and O–H groups in total. The van der Waals surface area contributed by atoms with Crippen molar-refractivity contribution in [1.82, 2.24) is 10.3 Å². The molecule has 2 rings (SSSR count). The van der Waals surface area contributed by atoms with Crippen LogP contribution >= 0.6 is 10.7 Å². The van der Waals surface area contributed by atoms with Crippen LogP contribution in [0.5, 0.6) is 0 Å². The van der Waals surface area contributed by atoms with Gasteiger partial charge in [-0.2, -0.15) is 0 Å². The van der Waals surface area contributed by atoms with Crippen molar-refractivity contribution < 1.29 is 22.7 Å². The second-order valence-electron chi connectivity index (χ2n) is 7.83. The molecule has 8 nitrogen and oxygen atoms in total. The molecule has 1 saturated carbocycles. The number of carbonyl (C=O) groups excluding carboxylic acids is 2. The molecule has 0 unspecified atom stereocenters. The number of aromatic nitrogens is 1. The summed E-state index contributed by atoms with van der Waals surface area (Å²) in [6.07, 6.45) is 5.14. The van der Waals surface area contributed by atoms with Crippen LogP contribution in [0.4, 0.5) is 10.6 Å². The Balaban J connectivity index is 2.12. The van der Waals surface area contributed by atoms with E-state index in [1.165, 1.54) is 12.1 Å². The van der Waals surface area contributed by atoms with E-state index in [-0.39, 0.29) is 16.6 Å². The first-order valence-electron chi connectivity index (χ1n) is 9.17. The molecule has 0 aromatic carbocycles. The summed E-state index contributed by atoms with van der Waals surface area (Å²) in [7, 11) is 1.37. The third-order valence-corrected chi connectivity index (χ3v) is 5.68. The highest BCUT2D eigenvalue weighted by molar-refractivity contribution is 8.13. The maximum Gasteiger partial charge on any atom is 0.408 e. The lowest BCUT2D eigenvalue weighted by Crippen LogP contribution is -2.50. The van der Waals surface area contributed by atoms with Crippen molar-refractivity contribution in [3.05, 3.63) is 18.3 Å². The minimum atomic E-state index is -3.89. The number of pyridine rings is 1. The summed E-state index contributed by atoms with van der Waals surface area (Å²) in [5, 5.41) is 5.31. The average molecular weight is 432 g/mol. The normalized spacial score (nSPS) is 16.9. The Labute approximate surface area is 169 Å². The molecular formula is C18H26ClN3O5S. The van der Waals surface area contributed by atoms with Crippen molar-refractivity contribution >= 4 is 37.6 Å². The summed E-state index contributed by atoms with van der Waals surface area (Å²) < 4.78 is 27.9. The second-order valence-corrected chi connectivity index (χ2v) is 10.4. The highest BCUT2D eigenvalue weighted by atomic mass is 35.7. The predicted octanol–water partition coefficient (Wildman–Crippen LogP) is 3.42. The first-order valence-corrected chi connectivity index (χ1v) is 11.5. The number of amides is 2. The van der Waals surface area contributed by atoms with Crippen molar-refractivity contribution in [2.45, 2.75) is 69.4 Å². The van der Waals surface area contributed by atoms with E-state index in [4.69, 9.17) is 15.4 Å². The Morgan fingerprint density at radius 3 is 2.36 bits per heavy atom. The van der Waals surface area contributed by atoms with Crippen LogP contribution in [0.25, 0.3) is 0 Å². The SMILES string of the molecule is CC(C)(C)OC(=O)N[C@H](C(=O)Nc1ccc(S(=O)(=O)Cl)cn1)C1CCCCC1. The lowest BCUT2D eigenvalue weighted by atomic mass is 9.83. The number of halogens is 1. The Kier molecular flexibility index (Phi) is 7.28. The molecule has 1 aliphatic carbocycles. The molecule has 0 saturated heterocycles. The summed E-state index contributed by atoms with van der Waals surface area (Å²) in [6.45, 7) is 5.25. The van der Waals surface area contributed by atoms with Gasteiger partial charge in [0.15, 0.2) is 0 Å². The zero-order chi connectivity index (χ0) is 20.9. The first-order chi connectivity index (χ1) is 13.0. The Morgan fingerprint density at radius 2 is 1.86 bits per heavy atom. The van der Waals surface area contributed by atoms with Crippen molar-refractivity contribution in [3.63, 3.8) is 0 Å². The van der Waals surface area contributed by atoms with Gasteiger partial charge in [-0.05, 0) is 51.7 Å². The van der Waals surface area contributed by atoms with E-state index in [1.54, 1.807) is 20.8 Å². The third-order valence-electron chi connectivity index (χ3n) is 4.35. The lowest BCUT2D eigenvalue weighted by molar-refractivity contribution is -0.119. The maximum absolute atomic E-state index is 12.8. The number of nitrogens with zero attached hydrogens (tertiary/aromatic N) is 1. The van der Waals surface area contributed by atoms with E-state index in [0.717, 1.165) is 38.3 Å². The number of carbonyl (C=O) groups is 2. The molecule has 1 atom stereocenters. The topological polar surface area (TPSA) is 114 Å². The monoisotopic (exact) mass is 431 g/mol. The van der Waals surface area contributed by atoms with Crippen LogP contribution in [0.2, 0.25) is 0 Å². The van der Waals surface area contributed by atoms with Crippen LogP contribution in [0.3, 0.4) is 0 Å². The molecule has 0 aliphatic heterocycles. The summed E-state index contributed by atoms with van der Waals surface area (Å²) in [6, 6.07) is 1.83. The van der Waals surface area contributed by atoms with E-state index < -0.39 is 32.7 Å². The van der Waals surface area contributed by atoms with Crippen molar-refractivity contribution in [3.8, 4) is 0 Å². The Morgan fingerprint density at radius 1 is 1.21 bits per heavy atom. The van der Waals surface area contributed by atoms with Gasteiger partial charge in [0.05, 0.1) is 0 Å². The zero-order valence-corrected chi connectivity index (χ0v) is 17.8. The summed E-state index contributed by atoms with van der Waals surface area (Å²) in [4.78, 5) is 28.8. The lowest BCUT2D eigenvalue weighted by Gasteiger charge is -2.30. The second kappa shape index (κ2) is 9.09. The molecule has 1 heterocycles. The highest BCUT2D eigenvalue weighted by Gasteiger charge is 2.32. The highest BCUT2D eigenvalue weighted by Crippen LogP contribution is 2.27. The number of hydrogen-bond donors (Lipinski definition) is 2. The number of anilines is 1. The number of rotatable bonds is 5. The molecule has 0 spiro atoms. The molecule has 1 aromatic heterocycles. The molecule has 1 aliphatic rings. The molecular weight excluding hydrogens is 406 g/mol. The van der Waals surface area contributed by atoms with Crippen LogP contribution in [-0.2, 0) is 18.6 Å². The van der Waals surface area contributed by atoms with Gasteiger partial charge in [0, 0.05) is 16.9 Å². The largest absolute Gasteiger partial charge is 0.444 e. The van der Waals surface area contributed by atoms with Gasteiger partial charge in [-0.25, -0.2) is 18.2 Å². The molecule has 28 heavy (non-hydrogen) atoms. The number of ether oxygens (including phenoxy) is 1. The van der Waals surface area contributed by atoms with E-state index in [9.17, 15) is 18.0 Å². The van der Waals surface area contributed by atoms with Crippen LogP contribution in [0.1, 0.15) is 52.9 Å². The molecule has 1 fully saturated rings. The molecule has 2 amide bonds. The van der Waals surface area contributed by atoms with Gasteiger partial charge in [0.2, 0.25) is 5.91 Å². The molecule has 156 valence electrons. The van der Waals surface area contributed by atoms with Crippen molar-refractivity contribution in [1.29, 1.82) is 0 Å². The molecule has 0 radical (unpaired) electrons. The van der Waals surface area contributed by atoms with Crippen LogP contribution < -0.4 is 10.6 Å². The minimum absolute atomic E-state index is 0.0104. The van der Waals surface area contributed by atoms with E-state index in [1.807, 2.05) is 0 Å². The standard InChI is InChI=1S/C18H26ClN3O5S/c1-18(2,3)27-17(24)22-15(12-7-5-4-6-8-12)16(23)21-14-10-9-13(11-20-14)28(19,25)26/h9-12,15H,4-8H2,1-3H3,(H,22,24)(H,20,21,23)/t15-/m0/s1. The number of nitrogens with one attached hydrogen (secondary N) is 2. The quantitative estimate of drug-likeness (QED) is 0.690. The minimum Gasteiger partial charge on any atom is -0.444 e. The summed E-state index contributed by atoms with van der Waals surface area (Å²) >= 11 is 0. The van der Waals surface area contributed by atoms with Gasteiger partial charge in [-0.3, -0.25) is 4.79 Å². The van der Waals surface area contributed by atoms with Gasteiger partial charge in [-0.15, -0.1) is 0 Å². The van der Waals surface area contributed by atoms with Crippen molar-refractivity contribution in [2.75, 3.05) is 5.32 Å². The third kappa shape index (κ3) is 6.94. The number of hydrogen-bond acceptors (Lipinski definition) is 6. The van der Waals surface area contributed by atoms with Crippen LogP contribution in [-0.4, -0.2) is 37.0 Å². The first kappa shape index (κ1) is 22.4. The fraction of sp³-hybridized carbons (Fsp3) is 0.611. The fourth-order valence-electron chi connectivity index (χ4n) is 3.10. The fourth-order valence-corrected chi connectivity index (χ4v) is 3.78. The van der Waals surface area contributed by atoms with Crippen LogP contribution in [0.15, 0.2) is 23.2 Å². The van der Waals surface area contributed by atoms with E-state index in [2.05, 4.69) is 15.6 Å². The summed E-state index contributed by atoms with van der Waals surface area (Å²) in [5.74, 6) is -0.267. The van der Waals surface area contributed by atoms with Gasteiger partial charge in [0.25, 0.3) is 9.05 Å².